The second-order valence-electron chi connectivity index (χ2n) is 10.5. The maximum absolute atomic E-state index is 14.0. The number of hydrogen-bond donors (Lipinski definition) is 1. The summed E-state index contributed by atoms with van der Waals surface area (Å²) in [5, 5.41) is 3.57. The van der Waals surface area contributed by atoms with Gasteiger partial charge in [-0.25, -0.2) is 8.42 Å². The van der Waals surface area contributed by atoms with Gasteiger partial charge in [-0.05, 0) is 81.6 Å². The summed E-state index contributed by atoms with van der Waals surface area (Å²) in [7, 11) is -4.12. The molecule has 0 aliphatic rings. The van der Waals surface area contributed by atoms with Crippen LogP contribution in [0.2, 0.25) is 10.0 Å². The molecule has 7 nitrogen and oxygen atoms in total. The zero-order chi connectivity index (χ0) is 29.7. The highest BCUT2D eigenvalue weighted by Gasteiger charge is 2.33. The molecule has 3 aromatic carbocycles. The second-order valence-corrected chi connectivity index (χ2v) is 13.2. The van der Waals surface area contributed by atoms with E-state index in [1.807, 2.05) is 39.8 Å². The Morgan fingerprint density at radius 3 is 2.05 bits per heavy atom. The number of aryl methyl sites for hydroxylation is 1. The summed E-state index contributed by atoms with van der Waals surface area (Å²) in [5.74, 6) is -0.924. The highest BCUT2D eigenvalue weighted by atomic mass is 35.5. The molecule has 3 rings (SSSR count). The van der Waals surface area contributed by atoms with Crippen LogP contribution >= 0.6 is 23.2 Å². The maximum Gasteiger partial charge on any atom is 0.264 e. The Kier molecular flexibility index (Phi) is 10.3. The Bertz CT molecular complexity index is 1440. The number of sulfonamides is 1. The largest absolute Gasteiger partial charge is 0.350 e. The number of benzene rings is 3. The first-order chi connectivity index (χ1) is 18.7. The Balaban J connectivity index is 2.04. The fourth-order valence-electron chi connectivity index (χ4n) is 4.04. The fourth-order valence-corrected chi connectivity index (χ4v) is 5.79. The number of rotatable bonds is 10. The molecule has 10 heteroatoms. The van der Waals surface area contributed by atoms with Gasteiger partial charge in [0.2, 0.25) is 11.8 Å². The number of carbonyl (C=O) groups excluding carboxylic acids is 2. The van der Waals surface area contributed by atoms with Crippen molar-refractivity contribution in [2.75, 3.05) is 10.8 Å². The van der Waals surface area contributed by atoms with Crippen molar-refractivity contribution < 1.29 is 18.0 Å². The van der Waals surface area contributed by atoms with E-state index in [9.17, 15) is 18.0 Å². The molecule has 0 fully saturated rings. The summed E-state index contributed by atoms with van der Waals surface area (Å²) in [6.45, 7) is 8.65. The molecule has 0 aromatic heterocycles. The lowest BCUT2D eigenvalue weighted by atomic mass is 10.1. The van der Waals surface area contributed by atoms with Crippen LogP contribution in [0.4, 0.5) is 5.69 Å². The van der Waals surface area contributed by atoms with Crippen LogP contribution in [0.3, 0.4) is 0 Å². The molecule has 0 saturated heterocycles. The summed E-state index contributed by atoms with van der Waals surface area (Å²) in [5.41, 5.74) is 1.48. The summed E-state index contributed by atoms with van der Waals surface area (Å²) in [4.78, 5) is 28.6. The monoisotopic (exact) mass is 603 g/mol. The van der Waals surface area contributed by atoms with E-state index in [4.69, 9.17) is 23.2 Å². The van der Waals surface area contributed by atoms with Crippen molar-refractivity contribution in [3.63, 3.8) is 0 Å². The molecular weight excluding hydrogens is 569 g/mol. The van der Waals surface area contributed by atoms with Crippen LogP contribution < -0.4 is 9.62 Å². The molecule has 3 aromatic rings. The molecule has 0 aliphatic heterocycles. The Labute approximate surface area is 247 Å². The van der Waals surface area contributed by atoms with Gasteiger partial charge < -0.3 is 10.2 Å². The first-order valence-corrected chi connectivity index (χ1v) is 15.1. The minimum atomic E-state index is -4.12. The molecular formula is C30H35Cl2N3O4S. The third-order valence-corrected chi connectivity index (χ3v) is 8.77. The summed E-state index contributed by atoms with van der Waals surface area (Å²) in [6.07, 6.45) is 0.780. The van der Waals surface area contributed by atoms with Gasteiger partial charge in [-0.15, -0.1) is 0 Å². The zero-order valence-electron chi connectivity index (χ0n) is 23.3. The van der Waals surface area contributed by atoms with Crippen LogP contribution in [0.1, 0.15) is 45.7 Å². The van der Waals surface area contributed by atoms with E-state index < -0.39 is 34.1 Å². The van der Waals surface area contributed by atoms with Crippen LogP contribution in [-0.2, 0) is 32.6 Å². The van der Waals surface area contributed by atoms with E-state index in [0.717, 1.165) is 16.3 Å². The lowest BCUT2D eigenvalue weighted by Gasteiger charge is -2.33. The summed E-state index contributed by atoms with van der Waals surface area (Å²) in [6, 6.07) is 19.0. The van der Waals surface area contributed by atoms with Crippen molar-refractivity contribution in [3.8, 4) is 0 Å². The van der Waals surface area contributed by atoms with E-state index in [2.05, 4.69) is 5.32 Å². The predicted molar refractivity (Wildman–Crippen MR) is 161 cm³/mol. The number of amides is 2. The van der Waals surface area contributed by atoms with Crippen molar-refractivity contribution in [2.24, 2.45) is 0 Å². The van der Waals surface area contributed by atoms with Crippen LogP contribution in [0, 0.1) is 0 Å². The minimum Gasteiger partial charge on any atom is -0.350 e. The van der Waals surface area contributed by atoms with E-state index in [1.54, 1.807) is 55.5 Å². The lowest BCUT2D eigenvalue weighted by Crippen LogP contribution is -2.54. The molecule has 0 heterocycles. The minimum absolute atomic E-state index is 0.0163. The molecule has 2 amide bonds. The first kappa shape index (κ1) is 31.5. The average Bonchev–Trinajstić information content (AvgIpc) is 2.91. The van der Waals surface area contributed by atoms with Gasteiger partial charge >= 0.3 is 0 Å². The smallest absolute Gasteiger partial charge is 0.264 e. The van der Waals surface area contributed by atoms with Crippen LogP contribution in [0.5, 0.6) is 0 Å². The number of nitrogens with one attached hydrogen (secondary N) is 1. The van der Waals surface area contributed by atoms with Gasteiger partial charge in [0.05, 0.1) is 20.6 Å². The predicted octanol–water partition coefficient (Wildman–Crippen LogP) is 6.08. The number of hydrogen-bond acceptors (Lipinski definition) is 4. The second kappa shape index (κ2) is 13.1. The van der Waals surface area contributed by atoms with E-state index in [-0.39, 0.29) is 17.3 Å². The van der Waals surface area contributed by atoms with Gasteiger partial charge in [0.1, 0.15) is 12.6 Å². The normalized spacial score (nSPS) is 12.5. The molecule has 0 aliphatic carbocycles. The third-order valence-electron chi connectivity index (χ3n) is 6.25. The molecule has 0 bridgehead atoms. The number of halogens is 2. The third kappa shape index (κ3) is 7.99. The van der Waals surface area contributed by atoms with Crippen molar-refractivity contribution >= 4 is 50.7 Å². The van der Waals surface area contributed by atoms with Crippen LogP contribution in [0.25, 0.3) is 0 Å². The summed E-state index contributed by atoms with van der Waals surface area (Å²) < 4.78 is 28.7. The first-order valence-electron chi connectivity index (χ1n) is 12.9. The molecule has 0 spiro atoms. The number of anilines is 1. The standard InChI is InChI=1S/C30H35Cl2N3O4S/c1-6-22-12-15-24(16-13-22)35(40(38,39)25-10-8-7-9-11-25)20-28(36)34(21(2)29(37)33-30(3,4)5)19-23-14-17-26(31)27(32)18-23/h7-18,21H,6,19-20H2,1-5H3,(H,33,37)/t21-/m1/s1. The zero-order valence-corrected chi connectivity index (χ0v) is 25.6. The Morgan fingerprint density at radius 2 is 1.50 bits per heavy atom. The van der Waals surface area contributed by atoms with E-state index in [1.165, 1.54) is 17.0 Å². The van der Waals surface area contributed by atoms with Gasteiger partial charge in [0.15, 0.2) is 0 Å². The van der Waals surface area contributed by atoms with Crippen molar-refractivity contribution in [1.29, 1.82) is 0 Å². The highest BCUT2D eigenvalue weighted by Crippen LogP contribution is 2.27. The van der Waals surface area contributed by atoms with Gasteiger partial charge in [-0.3, -0.25) is 13.9 Å². The molecule has 1 N–H and O–H groups in total. The molecule has 0 radical (unpaired) electrons. The van der Waals surface area contributed by atoms with E-state index in [0.29, 0.717) is 21.3 Å². The van der Waals surface area contributed by atoms with Gasteiger partial charge in [-0.1, -0.05) is 66.5 Å². The lowest BCUT2D eigenvalue weighted by molar-refractivity contribution is -0.140. The van der Waals surface area contributed by atoms with Crippen LogP contribution in [0.15, 0.2) is 77.7 Å². The summed E-state index contributed by atoms with van der Waals surface area (Å²) >= 11 is 12.3. The van der Waals surface area contributed by atoms with Gasteiger partial charge in [0, 0.05) is 12.1 Å². The molecule has 0 unspecified atom stereocenters. The Morgan fingerprint density at radius 1 is 0.900 bits per heavy atom. The van der Waals surface area contributed by atoms with E-state index >= 15 is 0 Å². The molecule has 40 heavy (non-hydrogen) atoms. The van der Waals surface area contributed by atoms with Crippen molar-refractivity contribution in [3.05, 3.63) is 94.0 Å². The molecule has 0 saturated carbocycles. The average molecular weight is 605 g/mol. The quantitative estimate of drug-likeness (QED) is 0.304. The number of carbonyl (C=O) groups is 2. The van der Waals surface area contributed by atoms with Crippen molar-refractivity contribution in [1.82, 2.24) is 10.2 Å². The molecule has 1 atom stereocenters. The number of nitrogens with zero attached hydrogens (tertiary/aromatic N) is 2. The van der Waals surface area contributed by atoms with Crippen LogP contribution in [-0.4, -0.2) is 43.3 Å². The highest BCUT2D eigenvalue weighted by molar-refractivity contribution is 7.92. The van der Waals surface area contributed by atoms with Gasteiger partial charge in [-0.2, -0.15) is 0 Å². The Hall–Kier alpha value is -3.07. The topological polar surface area (TPSA) is 86.8 Å². The van der Waals surface area contributed by atoms with Crippen molar-refractivity contribution in [2.45, 2.75) is 64.1 Å². The maximum atomic E-state index is 14.0. The van der Waals surface area contributed by atoms with Gasteiger partial charge in [0.25, 0.3) is 10.0 Å². The fraction of sp³-hybridized carbons (Fsp3) is 0.333. The molecule has 214 valence electrons. The SMILES string of the molecule is CCc1ccc(N(CC(=O)N(Cc2ccc(Cl)c(Cl)c2)[C@H](C)C(=O)NC(C)(C)C)S(=O)(=O)c2ccccc2)cc1.